The second-order valence-electron chi connectivity index (χ2n) is 21.3. The lowest BCUT2D eigenvalue weighted by atomic mass is 10.0. The molecule has 4 nitrogen and oxygen atoms in total. The Hall–Kier alpha value is -11.7. The van der Waals surface area contributed by atoms with Gasteiger partial charge in [-0.25, -0.2) is 0 Å². The Balaban J connectivity index is 0.717. The smallest absolute Gasteiger partial charge is 0.142 e. The molecular weight excluding hydrogens is 1100 g/mol. The van der Waals surface area contributed by atoms with Crippen LogP contribution >= 0.6 is 0 Å². The van der Waals surface area contributed by atoms with Crippen molar-refractivity contribution >= 4 is 82.7 Å². The van der Waals surface area contributed by atoms with Gasteiger partial charge in [-0.05, 0) is 159 Å². The van der Waals surface area contributed by atoms with Crippen molar-refractivity contribution in [2.24, 2.45) is 0 Å². The second kappa shape index (κ2) is 33.4. The first kappa shape index (κ1) is 62.3. The van der Waals surface area contributed by atoms with E-state index in [4.69, 9.17) is 9.47 Å². The predicted octanol–water partition coefficient (Wildman–Crippen LogP) is 23.8. The predicted molar refractivity (Wildman–Crippen MR) is 394 cm³/mol. The van der Waals surface area contributed by atoms with Gasteiger partial charge in [0, 0.05) is 28.4 Å². The second-order valence-corrected chi connectivity index (χ2v) is 21.3. The first-order valence-corrected chi connectivity index (χ1v) is 30.6. The first-order chi connectivity index (χ1) is 45.0. The summed E-state index contributed by atoms with van der Waals surface area (Å²) in [5, 5.41) is 0. The summed E-state index contributed by atoms with van der Waals surface area (Å²) in [5.74, 6) is 1.63. The molecule has 4 heteroatoms. The third-order valence-electron chi connectivity index (χ3n) is 14.9. The highest BCUT2D eigenvalue weighted by Gasteiger charge is 2.18. The summed E-state index contributed by atoms with van der Waals surface area (Å²) in [6, 6.07) is 86.8. The van der Waals surface area contributed by atoms with Gasteiger partial charge >= 0.3 is 0 Å². The van der Waals surface area contributed by atoms with Crippen LogP contribution in [0.2, 0.25) is 0 Å². The average molecular weight is 1180 g/mol. The van der Waals surface area contributed by atoms with E-state index in [2.05, 4.69) is 332 Å². The number of anilines is 6. The van der Waals surface area contributed by atoms with Gasteiger partial charge in [0.2, 0.25) is 0 Å². The normalized spacial score (nSPS) is 12.3. The molecule has 0 saturated carbocycles. The number of allylic oxidation sites excluding steroid dienone is 16. The minimum Gasteiger partial charge on any atom is -0.497 e. The van der Waals surface area contributed by atoms with E-state index in [0.29, 0.717) is 0 Å². The van der Waals surface area contributed by atoms with Crippen molar-refractivity contribution in [3.63, 3.8) is 0 Å². The van der Waals surface area contributed by atoms with E-state index < -0.39 is 0 Å². The molecule has 0 fully saturated rings. The molecule has 0 heterocycles. The molecule has 10 rings (SSSR count). The molecule has 10 aromatic carbocycles. The quantitative estimate of drug-likeness (QED) is 0.0533. The fourth-order valence-electron chi connectivity index (χ4n) is 10.2. The number of para-hydroxylation sites is 2. The number of rotatable bonds is 25. The number of aryl methyl sites for hydroxylation is 1. The Kier molecular flexibility index (Phi) is 22.9. The number of ether oxygens (including phenoxy) is 2. The van der Waals surface area contributed by atoms with Crippen molar-refractivity contribution in [2.75, 3.05) is 24.0 Å². The van der Waals surface area contributed by atoms with E-state index in [1.807, 2.05) is 78.9 Å². The molecule has 0 atom stereocenters. The number of methoxy groups -OCH3 is 2. The number of benzene rings is 10. The van der Waals surface area contributed by atoms with Crippen LogP contribution in [0.3, 0.4) is 0 Å². The van der Waals surface area contributed by atoms with Gasteiger partial charge in [0.25, 0.3) is 0 Å². The molecule has 0 unspecified atom stereocenters. The Morgan fingerprint density at radius 1 is 0.242 bits per heavy atom. The Bertz CT molecular complexity index is 4320. The molecule has 0 N–H and O–H groups in total. The van der Waals surface area contributed by atoms with Crippen LogP contribution in [-0.4, -0.2) is 14.2 Å². The zero-order chi connectivity index (χ0) is 62.5. The molecule has 0 saturated heterocycles. The number of hydrogen-bond donors (Lipinski definition) is 0. The summed E-state index contributed by atoms with van der Waals surface area (Å²) in [5.41, 5.74) is 18.8. The van der Waals surface area contributed by atoms with Crippen LogP contribution in [0.1, 0.15) is 50.1 Å². The summed E-state index contributed by atoms with van der Waals surface area (Å²) in [7, 11) is 3.42. The molecule has 91 heavy (non-hydrogen) atoms. The summed E-state index contributed by atoms with van der Waals surface area (Å²) >= 11 is 0. The molecule has 0 radical (unpaired) electrons. The van der Waals surface area contributed by atoms with Crippen LogP contribution in [0.15, 0.2) is 346 Å². The van der Waals surface area contributed by atoms with Crippen molar-refractivity contribution in [3.05, 3.63) is 396 Å². The molecule has 0 aromatic heterocycles. The topological polar surface area (TPSA) is 24.9 Å². The van der Waals surface area contributed by atoms with Crippen LogP contribution in [0.5, 0.6) is 11.5 Å². The zero-order valence-electron chi connectivity index (χ0n) is 51.7. The van der Waals surface area contributed by atoms with Gasteiger partial charge in [-0.15, -0.1) is 0 Å². The number of hydrogen-bond acceptors (Lipinski definition) is 4. The lowest BCUT2D eigenvalue weighted by Gasteiger charge is -2.27. The average Bonchev–Trinajstić information content (AvgIpc) is 1.48. The van der Waals surface area contributed by atoms with Gasteiger partial charge in [0.05, 0.1) is 19.9 Å². The van der Waals surface area contributed by atoms with Crippen LogP contribution in [0.25, 0.3) is 59.7 Å². The van der Waals surface area contributed by atoms with E-state index in [-0.39, 0.29) is 0 Å². The summed E-state index contributed by atoms with van der Waals surface area (Å²) in [4.78, 5) is 4.53. The van der Waals surface area contributed by atoms with Crippen molar-refractivity contribution in [1.82, 2.24) is 0 Å². The lowest BCUT2D eigenvalue weighted by molar-refractivity contribution is 0.414. The van der Waals surface area contributed by atoms with E-state index in [0.717, 1.165) is 84.6 Å². The first-order valence-electron chi connectivity index (χ1n) is 30.6. The standard InChI is InChI=1S/C87H74N2O2/c1-69-66-84(90-2)64-65-85(69)88(80-56-48-72(49-57-80)36-16-6-4-14-30-70-32-22-12-23-33-70)81-58-50-73(51-59-81)38-18-8-10-20-40-76-42-28-44-78(67-76)79-45-29-43-77(68-79)41-21-11-9-19-39-75-54-62-83(63-55-75)89(86-46-26-27-47-87(86)91-3)82-60-52-74(53-61-82)37-17-7-5-15-31-71-34-24-13-25-35-71/h4-68H,1-3H3/b6-4+,7-5+,10-8+,11-9+,30-14+,31-15+,36-16+,37-17+,38-18+,39-19+,40-20+,41-21+. The number of nitrogens with zero attached hydrogens (tertiary/aromatic N) is 2. The molecule has 0 bridgehead atoms. The summed E-state index contributed by atoms with van der Waals surface area (Å²) in [6.07, 6.45) is 50.0. The maximum absolute atomic E-state index is 5.84. The fraction of sp³-hybridized carbons (Fsp3) is 0.0345. The van der Waals surface area contributed by atoms with Crippen molar-refractivity contribution in [2.45, 2.75) is 6.92 Å². The monoisotopic (exact) mass is 1180 g/mol. The molecule has 0 aliphatic heterocycles. The lowest BCUT2D eigenvalue weighted by Crippen LogP contribution is -2.11. The maximum Gasteiger partial charge on any atom is 0.142 e. The molecule has 0 aliphatic rings. The molecular formula is C87H74N2O2. The minimum atomic E-state index is 0.798. The van der Waals surface area contributed by atoms with Gasteiger partial charge in [-0.1, -0.05) is 304 Å². The van der Waals surface area contributed by atoms with E-state index in [9.17, 15) is 0 Å². The summed E-state index contributed by atoms with van der Waals surface area (Å²) in [6.45, 7) is 2.13. The Morgan fingerprint density at radius 2 is 0.549 bits per heavy atom. The van der Waals surface area contributed by atoms with E-state index in [1.165, 1.54) is 22.3 Å². The zero-order valence-corrected chi connectivity index (χ0v) is 51.7. The Labute approximate surface area is 538 Å². The van der Waals surface area contributed by atoms with Gasteiger partial charge in [-0.3, -0.25) is 0 Å². The highest BCUT2D eigenvalue weighted by atomic mass is 16.5. The van der Waals surface area contributed by atoms with Gasteiger partial charge in [0.1, 0.15) is 11.5 Å². The van der Waals surface area contributed by atoms with Gasteiger partial charge in [0.15, 0.2) is 0 Å². The van der Waals surface area contributed by atoms with Crippen molar-refractivity contribution in [1.29, 1.82) is 0 Å². The van der Waals surface area contributed by atoms with Gasteiger partial charge < -0.3 is 19.3 Å². The third kappa shape index (κ3) is 18.6. The van der Waals surface area contributed by atoms with Crippen LogP contribution in [0, 0.1) is 6.92 Å². The minimum absolute atomic E-state index is 0.798. The van der Waals surface area contributed by atoms with Crippen LogP contribution in [0.4, 0.5) is 34.1 Å². The summed E-state index contributed by atoms with van der Waals surface area (Å²) < 4.78 is 11.4. The molecule has 444 valence electrons. The van der Waals surface area contributed by atoms with Crippen LogP contribution < -0.4 is 19.3 Å². The van der Waals surface area contributed by atoms with E-state index in [1.54, 1.807) is 14.2 Å². The molecule has 0 spiro atoms. The van der Waals surface area contributed by atoms with Gasteiger partial charge in [-0.2, -0.15) is 0 Å². The molecule has 10 aromatic rings. The van der Waals surface area contributed by atoms with E-state index >= 15 is 0 Å². The van der Waals surface area contributed by atoms with Crippen molar-refractivity contribution < 1.29 is 9.47 Å². The largest absolute Gasteiger partial charge is 0.497 e. The third-order valence-corrected chi connectivity index (χ3v) is 14.9. The highest BCUT2D eigenvalue weighted by Crippen LogP contribution is 2.41. The fourth-order valence-corrected chi connectivity index (χ4v) is 10.2. The maximum atomic E-state index is 5.84. The SMILES string of the molecule is COc1ccc(N(c2ccc(/C=C/C=C/C=C/c3ccccc3)cc2)c2ccc(/C=C/C=C/C=C/c3cccc(-c4cccc(/C=C/C=C/C=C/c5ccc(N(c6ccc(/C=C/C=C/C=C/c7ccccc7)cc6)c6ccccc6OC)cc5)c4)c3)cc2)c(C)c1. The van der Waals surface area contributed by atoms with Crippen molar-refractivity contribution in [3.8, 4) is 22.6 Å². The molecule has 0 aliphatic carbocycles. The molecule has 0 amide bonds. The van der Waals surface area contributed by atoms with Crippen LogP contribution in [-0.2, 0) is 0 Å². The highest BCUT2D eigenvalue weighted by molar-refractivity contribution is 5.82. The Morgan fingerprint density at radius 3 is 0.890 bits per heavy atom.